The van der Waals surface area contributed by atoms with Gasteiger partial charge >= 0.3 is 0 Å². The molecule has 0 radical (unpaired) electrons. The molecule has 0 aromatic carbocycles. The fraction of sp³-hybridized carbons (Fsp3) is 0.615. The van der Waals surface area contributed by atoms with Gasteiger partial charge in [-0.2, -0.15) is 4.74 Å². The summed E-state index contributed by atoms with van der Waals surface area (Å²) in [6, 6.07) is 0. The minimum absolute atomic E-state index is 0.0573. The Morgan fingerprint density at radius 2 is 1.94 bits per heavy atom. The second-order valence-electron chi connectivity index (χ2n) is 5.76. The van der Waals surface area contributed by atoms with Gasteiger partial charge in [0, 0.05) is 6.08 Å². The molecular formula is C13H24ClNO2Si. The number of hydrogen-bond donors (Lipinski definition) is 0. The molecule has 0 N–H and O–H groups in total. The third-order valence-electron chi connectivity index (χ3n) is 3.32. The molecule has 104 valence electrons. The maximum atomic E-state index is 10.9. The van der Waals surface area contributed by atoms with Crippen molar-refractivity contribution >= 4 is 26.6 Å². The van der Waals surface area contributed by atoms with Gasteiger partial charge in [-0.05, 0) is 42.2 Å². The van der Waals surface area contributed by atoms with Crippen molar-refractivity contribution in [1.29, 1.82) is 0 Å². The molecule has 0 saturated carbocycles. The molecular weight excluding hydrogens is 266 g/mol. The topological polar surface area (TPSA) is 35.3 Å². The Hall–Kier alpha value is -0.583. The first kappa shape index (κ1) is 17.4. The molecule has 0 aromatic heterocycles. The van der Waals surface area contributed by atoms with Crippen LogP contribution in [0.15, 0.2) is 22.9 Å². The van der Waals surface area contributed by atoms with Gasteiger partial charge in [-0.1, -0.05) is 26.8 Å². The van der Waals surface area contributed by atoms with Crippen LogP contribution in [0.25, 0.3) is 0 Å². The lowest BCUT2D eigenvalue weighted by atomic mass is 10.2. The molecule has 5 heteroatoms. The van der Waals surface area contributed by atoms with Crippen LogP contribution in [0.2, 0.25) is 18.1 Å². The van der Waals surface area contributed by atoms with Crippen LogP contribution in [-0.2, 0) is 4.43 Å². The summed E-state index contributed by atoms with van der Waals surface area (Å²) in [4.78, 5) is 0. The largest absolute Gasteiger partial charge is 0.618 e. The monoisotopic (exact) mass is 289 g/mol. The first-order valence-corrected chi connectivity index (χ1v) is 9.24. The maximum Gasteiger partial charge on any atom is 0.286 e. The van der Waals surface area contributed by atoms with Crippen LogP contribution in [0.5, 0.6) is 0 Å². The predicted octanol–water partition coefficient (Wildman–Crippen LogP) is 4.25. The Bertz CT molecular complexity index is 368. The van der Waals surface area contributed by atoms with Crippen LogP contribution in [0.3, 0.4) is 0 Å². The fourth-order valence-corrected chi connectivity index (χ4v) is 2.01. The fourth-order valence-electron chi connectivity index (χ4n) is 0.914. The van der Waals surface area contributed by atoms with E-state index >= 15 is 0 Å². The highest BCUT2D eigenvalue weighted by Gasteiger charge is 2.37. The van der Waals surface area contributed by atoms with E-state index in [4.69, 9.17) is 16.0 Å². The van der Waals surface area contributed by atoms with Crippen molar-refractivity contribution in [3.63, 3.8) is 0 Å². The molecule has 0 aliphatic heterocycles. The minimum atomic E-state index is -1.78. The molecule has 0 amide bonds. The van der Waals surface area contributed by atoms with Crippen molar-refractivity contribution in [3.05, 3.63) is 28.1 Å². The summed E-state index contributed by atoms with van der Waals surface area (Å²) < 4.78 is 6.44. The van der Waals surface area contributed by atoms with Gasteiger partial charge in [-0.3, -0.25) is 0 Å². The van der Waals surface area contributed by atoms with E-state index in [2.05, 4.69) is 40.6 Å². The Morgan fingerprint density at radius 1 is 1.44 bits per heavy atom. The molecule has 0 saturated heterocycles. The van der Waals surface area contributed by atoms with Gasteiger partial charge in [0.2, 0.25) is 0 Å². The van der Waals surface area contributed by atoms with Crippen molar-refractivity contribution in [1.82, 2.24) is 0 Å². The van der Waals surface area contributed by atoms with E-state index in [0.29, 0.717) is 11.3 Å². The summed E-state index contributed by atoms with van der Waals surface area (Å²) in [6.45, 7) is 16.5. The van der Waals surface area contributed by atoms with E-state index in [9.17, 15) is 5.21 Å². The summed E-state index contributed by atoms with van der Waals surface area (Å²) in [5.41, 5.74) is 0.884. The summed E-state index contributed by atoms with van der Waals surface area (Å²) in [5.74, 6) is 0. The molecule has 0 rings (SSSR count). The van der Waals surface area contributed by atoms with Crippen LogP contribution in [0, 0.1) is 5.21 Å². The number of hydrogen-bond acceptors (Lipinski definition) is 2. The lowest BCUT2D eigenvalue weighted by Crippen LogP contribution is -2.41. The number of nitrogens with zero attached hydrogens (tertiary/aromatic N) is 1. The standard InChI is InChI=1S/C13H24ClNO2Si/c1-8-11(9-12(14)15(5)16)10-17-18(6,7)13(2,3)4/h8-9H,5,10H2,1-4,6-7H3/b11-8+,12-9-. The zero-order chi connectivity index (χ0) is 14.6. The molecule has 0 heterocycles. The number of rotatable bonds is 5. The summed E-state index contributed by atoms with van der Waals surface area (Å²) in [7, 11) is -1.78. The molecule has 0 spiro atoms. The Morgan fingerprint density at radius 3 is 2.28 bits per heavy atom. The SMILES string of the molecule is C=[N+]([O-])/C(Cl)=C\C(=C/C)CO[Si](C)(C)C(C)(C)C. The maximum absolute atomic E-state index is 10.9. The zero-order valence-electron chi connectivity index (χ0n) is 12.2. The lowest BCUT2D eigenvalue weighted by molar-refractivity contribution is -0.378. The quantitative estimate of drug-likeness (QED) is 0.144. The third kappa shape index (κ3) is 5.37. The van der Waals surface area contributed by atoms with Gasteiger partial charge in [0.05, 0.1) is 6.61 Å². The molecule has 18 heavy (non-hydrogen) atoms. The molecule has 0 unspecified atom stereocenters. The van der Waals surface area contributed by atoms with E-state index in [0.717, 1.165) is 5.57 Å². The molecule has 3 nitrogen and oxygen atoms in total. The first-order chi connectivity index (χ1) is 8.01. The van der Waals surface area contributed by atoms with Crippen molar-refractivity contribution in [2.24, 2.45) is 0 Å². The Balaban J connectivity index is 4.72. The molecule has 0 aliphatic rings. The van der Waals surface area contributed by atoms with E-state index in [1.165, 1.54) is 0 Å². The van der Waals surface area contributed by atoms with Gasteiger partial charge in [-0.15, -0.1) is 0 Å². The Labute approximate surface area is 117 Å². The minimum Gasteiger partial charge on any atom is -0.618 e. The van der Waals surface area contributed by atoms with Gasteiger partial charge in [0.15, 0.2) is 8.32 Å². The number of hydroxylamine groups is 1. The smallest absolute Gasteiger partial charge is 0.286 e. The molecule has 0 aliphatic carbocycles. The average Bonchev–Trinajstić information content (AvgIpc) is 2.21. The van der Waals surface area contributed by atoms with E-state index in [1.54, 1.807) is 6.08 Å². The second-order valence-corrected chi connectivity index (χ2v) is 11.0. The molecule has 0 aromatic rings. The second kappa shape index (κ2) is 6.54. The highest BCUT2D eigenvalue weighted by molar-refractivity contribution is 6.74. The van der Waals surface area contributed by atoms with E-state index < -0.39 is 8.32 Å². The van der Waals surface area contributed by atoms with E-state index in [1.807, 2.05) is 13.0 Å². The normalized spacial score (nSPS) is 14.8. The molecule has 0 atom stereocenters. The average molecular weight is 290 g/mol. The van der Waals surface area contributed by atoms with Gasteiger partial charge < -0.3 is 9.63 Å². The number of halogens is 1. The van der Waals surface area contributed by atoms with Crippen molar-refractivity contribution < 1.29 is 9.16 Å². The van der Waals surface area contributed by atoms with Crippen LogP contribution in [-0.4, -0.2) is 26.4 Å². The van der Waals surface area contributed by atoms with Crippen molar-refractivity contribution in [2.45, 2.75) is 45.8 Å². The van der Waals surface area contributed by atoms with Crippen LogP contribution in [0.1, 0.15) is 27.7 Å². The number of allylic oxidation sites excluding steroid dienone is 1. The molecule has 0 fully saturated rings. The third-order valence-corrected chi connectivity index (χ3v) is 8.10. The van der Waals surface area contributed by atoms with Gasteiger partial charge in [0.25, 0.3) is 5.16 Å². The van der Waals surface area contributed by atoms with Crippen LogP contribution < -0.4 is 0 Å². The van der Waals surface area contributed by atoms with Crippen LogP contribution in [0.4, 0.5) is 0 Å². The Kier molecular flexibility index (Phi) is 6.33. The van der Waals surface area contributed by atoms with Gasteiger partial charge in [-0.25, -0.2) is 0 Å². The van der Waals surface area contributed by atoms with E-state index in [-0.39, 0.29) is 10.2 Å². The molecule has 0 bridgehead atoms. The predicted molar refractivity (Wildman–Crippen MR) is 81.6 cm³/mol. The highest BCUT2D eigenvalue weighted by atomic mass is 35.5. The van der Waals surface area contributed by atoms with Crippen LogP contribution >= 0.6 is 11.6 Å². The summed E-state index contributed by atoms with van der Waals surface area (Å²) in [6.07, 6.45) is 3.48. The zero-order valence-corrected chi connectivity index (χ0v) is 14.0. The summed E-state index contributed by atoms with van der Waals surface area (Å²) in [5, 5.41) is 11.1. The van der Waals surface area contributed by atoms with Gasteiger partial charge in [0.1, 0.15) is 6.72 Å². The highest BCUT2D eigenvalue weighted by Crippen LogP contribution is 2.36. The lowest BCUT2D eigenvalue weighted by Gasteiger charge is -2.36. The van der Waals surface area contributed by atoms with Crippen molar-refractivity contribution in [2.75, 3.05) is 6.61 Å². The van der Waals surface area contributed by atoms with Crippen molar-refractivity contribution in [3.8, 4) is 0 Å². The first-order valence-electron chi connectivity index (χ1n) is 5.95. The summed E-state index contributed by atoms with van der Waals surface area (Å²) >= 11 is 5.76.